The minimum absolute atomic E-state index is 0.166. The van der Waals surface area contributed by atoms with Gasteiger partial charge < -0.3 is 9.80 Å². The molecule has 6 heteroatoms. The quantitative estimate of drug-likeness (QED) is 0.458. The maximum Gasteiger partial charge on any atom is 0.269 e. The number of hydrogen-bond acceptors (Lipinski definition) is 4. The SMILES string of the molecule is CON(C)C(=O)/C=C/CN(C)CCCN1C2=CC(Cl)=CCC2=CCc2ccccc21. The number of halogens is 1. The minimum Gasteiger partial charge on any atom is -0.341 e. The lowest BCUT2D eigenvalue weighted by atomic mass is 10.0. The zero-order chi connectivity index (χ0) is 21.5. The first kappa shape index (κ1) is 22.3. The summed E-state index contributed by atoms with van der Waals surface area (Å²) in [4.78, 5) is 21.2. The van der Waals surface area contributed by atoms with Crippen molar-refractivity contribution in [2.75, 3.05) is 45.7 Å². The van der Waals surface area contributed by atoms with Crippen LogP contribution < -0.4 is 4.90 Å². The van der Waals surface area contributed by atoms with E-state index in [1.165, 1.54) is 34.7 Å². The molecule has 1 heterocycles. The van der Waals surface area contributed by atoms with Crippen molar-refractivity contribution in [3.63, 3.8) is 0 Å². The van der Waals surface area contributed by atoms with Gasteiger partial charge in [-0.3, -0.25) is 9.63 Å². The van der Waals surface area contributed by atoms with Gasteiger partial charge in [-0.25, -0.2) is 5.06 Å². The normalized spacial score (nSPS) is 15.9. The highest BCUT2D eigenvalue weighted by atomic mass is 35.5. The van der Waals surface area contributed by atoms with E-state index >= 15 is 0 Å². The summed E-state index contributed by atoms with van der Waals surface area (Å²) in [6.07, 6.45) is 12.7. The maximum atomic E-state index is 11.7. The molecule has 0 bridgehead atoms. The Morgan fingerprint density at radius 3 is 2.83 bits per heavy atom. The Morgan fingerprint density at radius 1 is 1.23 bits per heavy atom. The monoisotopic (exact) mass is 427 g/mol. The van der Waals surface area contributed by atoms with Crippen LogP contribution in [-0.4, -0.2) is 56.7 Å². The number of allylic oxidation sites excluding steroid dienone is 5. The summed E-state index contributed by atoms with van der Waals surface area (Å²) in [5.41, 5.74) is 5.15. The first-order chi connectivity index (χ1) is 14.5. The second-order valence-corrected chi connectivity index (χ2v) is 8.01. The van der Waals surface area contributed by atoms with Gasteiger partial charge in [0.15, 0.2) is 0 Å². The number of carbonyl (C=O) groups is 1. The van der Waals surface area contributed by atoms with Crippen molar-refractivity contribution in [3.05, 3.63) is 76.5 Å². The molecule has 5 nitrogen and oxygen atoms in total. The van der Waals surface area contributed by atoms with Gasteiger partial charge in [0.05, 0.1) is 7.11 Å². The van der Waals surface area contributed by atoms with E-state index in [0.717, 1.165) is 37.4 Å². The molecule has 30 heavy (non-hydrogen) atoms. The fraction of sp³-hybridized carbons (Fsp3) is 0.375. The minimum atomic E-state index is -0.166. The summed E-state index contributed by atoms with van der Waals surface area (Å²) in [7, 11) is 5.14. The predicted molar refractivity (Wildman–Crippen MR) is 123 cm³/mol. The Morgan fingerprint density at radius 2 is 2.03 bits per heavy atom. The van der Waals surface area contributed by atoms with Crippen LogP contribution in [0.25, 0.3) is 0 Å². The van der Waals surface area contributed by atoms with Crippen LogP contribution in [0.1, 0.15) is 18.4 Å². The average Bonchev–Trinajstić information content (AvgIpc) is 2.90. The molecule has 0 spiro atoms. The van der Waals surface area contributed by atoms with E-state index in [1.807, 2.05) is 6.08 Å². The highest BCUT2D eigenvalue weighted by Crippen LogP contribution is 2.36. The van der Waals surface area contributed by atoms with E-state index in [2.05, 4.69) is 59.3 Å². The van der Waals surface area contributed by atoms with Crippen LogP contribution in [0.5, 0.6) is 0 Å². The van der Waals surface area contributed by atoms with Gasteiger partial charge in [-0.05, 0) is 56.1 Å². The molecule has 1 amide bonds. The highest BCUT2D eigenvalue weighted by molar-refractivity contribution is 6.31. The number of amides is 1. The lowest BCUT2D eigenvalue weighted by Crippen LogP contribution is -2.29. The Balaban J connectivity index is 1.63. The second-order valence-electron chi connectivity index (χ2n) is 7.57. The molecule has 1 aliphatic carbocycles. The van der Waals surface area contributed by atoms with E-state index in [1.54, 1.807) is 13.1 Å². The van der Waals surface area contributed by atoms with Gasteiger partial charge in [0, 0.05) is 42.6 Å². The third-order valence-electron chi connectivity index (χ3n) is 5.45. The van der Waals surface area contributed by atoms with Crippen molar-refractivity contribution in [1.82, 2.24) is 9.96 Å². The molecule has 1 aromatic carbocycles. The smallest absolute Gasteiger partial charge is 0.269 e. The Kier molecular flexibility index (Phi) is 7.91. The Labute approximate surface area is 184 Å². The molecule has 1 aliphatic heterocycles. The predicted octanol–water partition coefficient (Wildman–Crippen LogP) is 4.28. The lowest BCUT2D eigenvalue weighted by molar-refractivity contribution is -0.162. The number of hydroxylamine groups is 2. The molecule has 1 aromatic rings. The molecule has 0 atom stereocenters. The molecule has 0 radical (unpaired) electrons. The summed E-state index contributed by atoms with van der Waals surface area (Å²) in [6, 6.07) is 8.61. The Hall–Kier alpha value is -2.34. The number of para-hydroxylation sites is 1. The molecular formula is C24H30ClN3O2. The third kappa shape index (κ3) is 5.63. The fourth-order valence-corrected chi connectivity index (χ4v) is 3.88. The van der Waals surface area contributed by atoms with Crippen molar-refractivity contribution in [1.29, 1.82) is 0 Å². The summed E-state index contributed by atoms with van der Waals surface area (Å²) in [5.74, 6) is -0.166. The summed E-state index contributed by atoms with van der Waals surface area (Å²) >= 11 is 6.36. The van der Waals surface area contributed by atoms with Crippen molar-refractivity contribution >= 4 is 23.2 Å². The zero-order valence-electron chi connectivity index (χ0n) is 18.0. The van der Waals surface area contributed by atoms with Crippen LogP contribution in [0, 0.1) is 0 Å². The van der Waals surface area contributed by atoms with E-state index < -0.39 is 0 Å². The summed E-state index contributed by atoms with van der Waals surface area (Å²) in [5, 5.41) is 2.01. The van der Waals surface area contributed by atoms with Gasteiger partial charge in [0.25, 0.3) is 5.91 Å². The molecule has 0 unspecified atom stereocenters. The molecule has 0 N–H and O–H groups in total. The van der Waals surface area contributed by atoms with Crippen molar-refractivity contribution in [2.45, 2.75) is 19.3 Å². The highest BCUT2D eigenvalue weighted by Gasteiger charge is 2.23. The van der Waals surface area contributed by atoms with Gasteiger partial charge in [0.1, 0.15) is 0 Å². The molecular weight excluding hydrogens is 398 g/mol. The summed E-state index contributed by atoms with van der Waals surface area (Å²) in [6.45, 7) is 2.54. The van der Waals surface area contributed by atoms with E-state index in [0.29, 0.717) is 6.54 Å². The van der Waals surface area contributed by atoms with Crippen molar-refractivity contribution in [2.24, 2.45) is 0 Å². The average molecular weight is 428 g/mol. The van der Waals surface area contributed by atoms with E-state index in [4.69, 9.17) is 16.4 Å². The number of fused-ring (bicyclic) bond motifs is 2. The fourth-order valence-electron chi connectivity index (χ4n) is 3.70. The zero-order valence-corrected chi connectivity index (χ0v) is 18.7. The number of likely N-dealkylation sites (N-methyl/N-ethyl adjacent to an activating group) is 2. The topological polar surface area (TPSA) is 36.0 Å². The van der Waals surface area contributed by atoms with Crippen molar-refractivity contribution < 1.29 is 9.63 Å². The molecule has 160 valence electrons. The first-order valence-corrected chi connectivity index (χ1v) is 10.7. The number of hydrogen-bond donors (Lipinski definition) is 0. The molecule has 3 rings (SSSR count). The van der Waals surface area contributed by atoms with Crippen LogP contribution in [-0.2, 0) is 16.1 Å². The van der Waals surface area contributed by atoms with Crippen LogP contribution in [0.2, 0.25) is 0 Å². The largest absolute Gasteiger partial charge is 0.341 e. The number of nitrogens with zero attached hydrogens (tertiary/aromatic N) is 3. The third-order valence-corrected chi connectivity index (χ3v) is 5.71. The Bertz CT molecular complexity index is 888. The number of anilines is 1. The standard InChI is InChI=1S/C24H30ClN3O2/c1-26(15-6-10-24(29)27(2)30-3)16-7-17-28-22-9-5-4-8-19(22)11-12-20-13-14-21(25)18-23(20)28/h4-6,8-10,12,14,18H,7,11,13,15-17H2,1-3H3/b10-6+. The van der Waals surface area contributed by atoms with Crippen LogP contribution in [0.4, 0.5) is 5.69 Å². The van der Waals surface area contributed by atoms with Gasteiger partial charge in [-0.2, -0.15) is 0 Å². The maximum absolute atomic E-state index is 11.7. The molecule has 0 saturated carbocycles. The first-order valence-electron chi connectivity index (χ1n) is 10.3. The van der Waals surface area contributed by atoms with E-state index in [-0.39, 0.29) is 5.91 Å². The van der Waals surface area contributed by atoms with Gasteiger partial charge in [-0.15, -0.1) is 0 Å². The summed E-state index contributed by atoms with van der Waals surface area (Å²) < 4.78 is 0. The number of carbonyl (C=O) groups excluding carboxylic acids is 1. The number of rotatable bonds is 8. The van der Waals surface area contributed by atoms with Crippen LogP contribution >= 0.6 is 11.6 Å². The molecule has 0 saturated heterocycles. The van der Waals surface area contributed by atoms with Gasteiger partial charge >= 0.3 is 0 Å². The number of benzene rings is 1. The van der Waals surface area contributed by atoms with Crippen LogP contribution in [0.3, 0.4) is 0 Å². The molecule has 0 fully saturated rings. The van der Waals surface area contributed by atoms with Crippen LogP contribution in [0.15, 0.2) is 70.9 Å². The van der Waals surface area contributed by atoms with E-state index in [9.17, 15) is 4.79 Å². The molecule has 2 aliphatic rings. The van der Waals surface area contributed by atoms with Gasteiger partial charge in [-0.1, -0.05) is 48.0 Å². The second kappa shape index (κ2) is 10.6. The molecule has 0 aromatic heterocycles. The van der Waals surface area contributed by atoms with Gasteiger partial charge in [0.2, 0.25) is 0 Å². The lowest BCUT2D eigenvalue weighted by Gasteiger charge is -2.31. The van der Waals surface area contributed by atoms with Crippen molar-refractivity contribution in [3.8, 4) is 0 Å².